The summed E-state index contributed by atoms with van der Waals surface area (Å²) in [6.07, 6.45) is 5.69. The molecule has 0 aromatic heterocycles. The van der Waals surface area contributed by atoms with Gasteiger partial charge in [0.15, 0.2) is 0 Å². The highest BCUT2D eigenvalue weighted by molar-refractivity contribution is 6.06. The number of benzene rings is 3. The maximum Gasteiger partial charge on any atom is 0.261 e. The number of rotatable bonds is 5. The SMILES string of the molecule is O=C(c1cc(F)ccc1F)N(c1cc(F)cc(F)c1)C1CCN(C2CCCCC2c2ccccc2)CC1. The lowest BCUT2D eigenvalue weighted by Gasteiger charge is -2.45. The second-order valence-electron chi connectivity index (χ2n) is 10.1. The van der Waals surface area contributed by atoms with Crippen LogP contribution in [0.4, 0.5) is 23.2 Å². The number of nitrogens with zero attached hydrogens (tertiary/aromatic N) is 2. The molecule has 1 aliphatic carbocycles. The Hall–Kier alpha value is -3.19. The first-order valence-corrected chi connectivity index (χ1v) is 12.9. The van der Waals surface area contributed by atoms with Crippen molar-refractivity contribution in [2.24, 2.45) is 0 Å². The molecule has 3 nitrogen and oxygen atoms in total. The molecular formula is C30H30F4N2O. The second-order valence-corrected chi connectivity index (χ2v) is 10.1. The number of halogens is 4. The van der Waals surface area contributed by atoms with Crippen LogP contribution in [0.15, 0.2) is 66.7 Å². The molecule has 37 heavy (non-hydrogen) atoms. The average Bonchev–Trinajstić information content (AvgIpc) is 2.90. The van der Waals surface area contributed by atoms with E-state index >= 15 is 0 Å². The van der Waals surface area contributed by atoms with Crippen molar-refractivity contribution in [3.8, 4) is 0 Å². The number of amides is 1. The first-order chi connectivity index (χ1) is 17.9. The monoisotopic (exact) mass is 510 g/mol. The molecule has 5 rings (SSSR count). The van der Waals surface area contributed by atoms with E-state index in [0.717, 1.165) is 49.2 Å². The highest BCUT2D eigenvalue weighted by Gasteiger charge is 2.36. The van der Waals surface area contributed by atoms with Crippen LogP contribution in [0, 0.1) is 23.3 Å². The summed E-state index contributed by atoms with van der Waals surface area (Å²) in [7, 11) is 0. The minimum absolute atomic E-state index is 0.00411. The van der Waals surface area contributed by atoms with E-state index in [4.69, 9.17) is 0 Å². The Balaban J connectivity index is 1.40. The van der Waals surface area contributed by atoms with E-state index in [0.29, 0.717) is 37.9 Å². The molecule has 2 unspecified atom stereocenters. The largest absolute Gasteiger partial charge is 0.305 e. The Bertz CT molecular complexity index is 1220. The van der Waals surface area contributed by atoms with Crippen molar-refractivity contribution >= 4 is 11.6 Å². The van der Waals surface area contributed by atoms with E-state index in [1.54, 1.807) is 0 Å². The van der Waals surface area contributed by atoms with Gasteiger partial charge in [-0.1, -0.05) is 43.2 Å². The van der Waals surface area contributed by atoms with Crippen molar-refractivity contribution in [1.29, 1.82) is 0 Å². The zero-order valence-electron chi connectivity index (χ0n) is 20.6. The molecule has 1 heterocycles. The molecule has 0 N–H and O–H groups in total. The van der Waals surface area contributed by atoms with Crippen molar-refractivity contribution in [2.75, 3.05) is 18.0 Å². The third kappa shape index (κ3) is 5.57. The lowest BCUT2D eigenvalue weighted by atomic mass is 9.78. The van der Waals surface area contributed by atoms with E-state index < -0.39 is 40.8 Å². The molecule has 194 valence electrons. The Morgan fingerprint density at radius 3 is 2.14 bits per heavy atom. The lowest BCUT2D eigenvalue weighted by Crippen LogP contribution is -2.52. The van der Waals surface area contributed by atoms with Gasteiger partial charge in [-0.3, -0.25) is 9.69 Å². The molecule has 7 heteroatoms. The van der Waals surface area contributed by atoms with Gasteiger partial charge in [-0.15, -0.1) is 0 Å². The van der Waals surface area contributed by atoms with Crippen LogP contribution in [0.25, 0.3) is 0 Å². The van der Waals surface area contributed by atoms with E-state index in [2.05, 4.69) is 29.2 Å². The minimum Gasteiger partial charge on any atom is -0.305 e. The molecule has 2 atom stereocenters. The van der Waals surface area contributed by atoms with E-state index in [9.17, 15) is 22.4 Å². The predicted octanol–water partition coefficient (Wildman–Crippen LogP) is 7.08. The molecule has 3 aromatic rings. The Kier molecular flexibility index (Phi) is 7.60. The molecular weight excluding hydrogens is 480 g/mol. The van der Waals surface area contributed by atoms with Gasteiger partial charge in [0.25, 0.3) is 5.91 Å². The predicted molar refractivity (Wildman–Crippen MR) is 136 cm³/mol. The quantitative estimate of drug-likeness (QED) is 0.343. The summed E-state index contributed by atoms with van der Waals surface area (Å²) < 4.78 is 56.8. The number of hydrogen-bond donors (Lipinski definition) is 0. The summed E-state index contributed by atoms with van der Waals surface area (Å²) in [5, 5.41) is 0. The van der Waals surface area contributed by atoms with Gasteiger partial charge in [0.2, 0.25) is 0 Å². The Morgan fingerprint density at radius 2 is 1.43 bits per heavy atom. The summed E-state index contributed by atoms with van der Waals surface area (Å²) >= 11 is 0. The smallest absolute Gasteiger partial charge is 0.261 e. The van der Waals surface area contributed by atoms with Gasteiger partial charge in [-0.25, -0.2) is 17.6 Å². The molecule has 0 radical (unpaired) electrons. The number of piperidine rings is 1. The molecule has 1 amide bonds. The van der Waals surface area contributed by atoms with Gasteiger partial charge in [-0.05, 0) is 67.5 Å². The number of carbonyl (C=O) groups is 1. The number of carbonyl (C=O) groups excluding carboxylic acids is 1. The van der Waals surface area contributed by atoms with E-state index in [-0.39, 0.29) is 5.69 Å². The molecule has 2 aliphatic rings. The third-order valence-electron chi connectivity index (χ3n) is 7.79. The second kappa shape index (κ2) is 11.1. The first-order valence-electron chi connectivity index (χ1n) is 12.9. The highest BCUT2D eigenvalue weighted by atomic mass is 19.1. The maximum absolute atomic E-state index is 14.6. The first kappa shape index (κ1) is 25.5. The zero-order valence-corrected chi connectivity index (χ0v) is 20.6. The van der Waals surface area contributed by atoms with Gasteiger partial charge in [0, 0.05) is 31.2 Å². The Labute approximate surface area is 214 Å². The molecule has 1 aliphatic heterocycles. The lowest BCUT2D eigenvalue weighted by molar-refractivity contribution is 0.0891. The van der Waals surface area contributed by atoms with Crippen LogP contribution >= 0.6 is 0 Å². The van der Waals surface area contributed by atoms with Crippen molar-refractivity contribution in [3.63, 3.8) is 0 Å². The van der Waals surface area contributed by atoms with Gasteiger partial charge in [0.1, 0.15) is 23.3 Å². The zero-order chi connectivity index (χ0) is 25.9. The van der Waals surface area contributed by atoms with Crippen LogP contribution in [0.1, 0.15) is 60.4 Å². The van der Waals surface area contributed by atoms with Crippen LogP contribution < -0.4 is 4.90 Å². The van der Waals surface area contributed by atoms with E-state index in [1.165, 1.54) is 23.3 Å². The van der Waals surface area contributed by atoms with Crippen molar-refractivity contribution in [3.05, 3.63) is 101 Å². The topological polar surface area (TPSA) is 23.6 Å². The number of likely N-dealkylation sites (tertiary alicyclic amines) is 1. The van der Waals surface area contributed by atoms with Gasteiger partial charge >= 0.3 is 0 Å². The summed E-state index contributed by atoms with van der Waals surface area (Å²) in [6, 6.07) is 16.0. The fourth-order valence-corrected chi connectivity index (χ4v) is 6.08. The van der Waals surface area contributed by atoms with Crippen LogP contribution in [0.5, 0.6) is 0 Å². The van der Waals surface area contributed by atoms with Crippen molar-refractivity contribution in [2.45, 2.75) is 56.5 Å². The fourth-order valence-electron chi connectivity index (χ4n) is 6.08. The standard InChI is InChI=1S/C30H30F4N2O/c31-21-10-11-28(34)27(19-21)30(37)36(25-17-22(32)16-23(33)18-25)24-12-14-35(15-13-24)29-9-5-4-8-26(29)20-6-2-1-3-7-20/h1-3,6-7,10-11,16-19,24,26,29H,4-5,8-9,12-15H2. The number of hydrogen-bond acceptors (Lipinski definition) is 2. The maximum atomic E-state index is 14.6. The molecule has 0 bridgehead atoms. The van der Waals surface area contributed by atoms with Crippen LogP contribution in [-0.2, 0) is 0 Å². The average molecular weight is 511 g/mol. The summed E-state index contributed by atoms with van der Waals surface area (Å²) in [5.74, 6) is -3.67. The molecule has 3 aromatic carbocycles. The van der Waals surface area contributed by atoms with Crippen LogP contribution in [0.2, 0.25) is 0 Å². The van der Waals surface area contributed by atoms with Gasteiger partial charge in [0.05, 0.1) is 11.3 Å². The third-order valence-corrected chi connectivity index (χ3v) is 7.79. The van der Waals surface area contributed by atoms with Crippen LogP contribution in [0.3, 0.4) is 0 Å². The van der Waals surface area contributed by atoms with Crippen molar-refractivity contribution < 1.29 is 22.4 Å². The fraction of sp³-hybridized carbons (Fsp3) is 0.367. The minimum atomic E-state index is -0.876. The highest BCUT2D eigenvalue weighted by Crippen LogP contribution is 2.38. The molecule has 2 fully saturated rings. The molecule has 1 saturated carbocycles. The van der Waals surface area contributed by atoms with Gasteiger partial charge < -0.3 is 4.90 Å². The van der Waals surface area contributed by atoms with Crippen LogP contribution in [-0.4, -0.2) is 36.0 Å². The summed E-state index contributed by atoms with van der Waals surface area (Å²) in [4.78, 5) is 17.2. The van der Waals surface area contributed by atoms with Gasteiger partial charge in [-0.2, -0.15) is 0 Å². The number of anilines is 1. The summed E-state index contributed by atoms with van der Waals surface area (Å²) in [6.45, 7) is 1.40. The molecule has 0 spiro atoms. The normalized spacial score (nSPS) is 21.1. The Morgan fingerprint density at radius 1 is 0.757 bits per heavy atom. The van der Waals surface area contributed by atoms with Crippen molar-refractivity contribution in [1.82, 2.24) is 4.90 Å². The molecule has 1 saturated heterocycles. The summed E-state index contributed by atoms with van der Waals surface area (Å²) in [5.41, 5.74) is 0.885. The van der Waals surface area contributed by atoms with E-state index in [1.807, 2.05) is 6.07 Å².